The lowest BCUT2D eigenvalue weighted by Gasteiger charge is -2.03. The van der Waals surface area contributed by atoms with E-state index in [9.17, 15) is 4.39 Å². The van der Waals surface area contributed by atoms with E-state index in [1.165, 1.54) is 6.07 Å². The van der Waals surface area contributed by atoms with Crippen molar-refractivity contribution in [2.24, 2.45) is 5.73 Å². The number of nitrogens with two attached hydrogens (primary N) is 1. The molecule has 0 radical (unpaired) electrons. The molecule has 0 saturated carbocycles. The lowest BCUT2D eigenvalue weighted by atomic mass is 10.1. The molecular formula is C18H18FN3O2. The maximum absolute atomic E-state index is 14.1. The zero-order valence-electron chi connectivity index (χ0n) is 13.1. The summed E-state index contributed by atoms with van der Waals surface area (Å²) in [4.78, 5) is 4.21. The molecule has 0 amide bonds. The van der Waals surface area contributed by atoms with Crippen LogP contribution >= 0.6 is 0 Å². The van der Waals surface area contributed by atoms with Crippen molar-refractivity contribution < 1.29 is 13.7 Å². The first-order chi connectivity index (χ1) is 11.8. The Morgan fingerprint density at radius 1 is 1.12 bits per heavy atom. The SMILES string of the molecule is NCCCc1ccc(F)c(-c2noc(COc3ccccc3)n2)c1. The van der Waals surface area contributed by atoms with Crippen molar-refractivity contribution in [3.63, 3.8) is 0 Å². The van der Waals surface area contributed by atoms with Crippen LogP contribution in [0.4, 0.5) is 4.39 Å². The van der Waals surface area contributed by atoms with Gasteiger partial charge in [0, 0.05) is 0 Å². The summed E-state index contributed by atoms with van der Waals surface area (Å²) < 4.78 is 24.7. The van der Waals surface area contributed by atoms with Gasteiger partial charge < -0.3 is 15.0 Å². The summed E-state index contributed by atoms with van der Waals surface area (Å²) in [5.74, 6) is 0.824. The minimum atomic E-state index is -0.386. The van der Waals surface area contributed by atoms with Crippen LogP contribution in [0.3, 0.4) is 0 Å². The third-order valence-corrected chi connectivity index (χ3v) is 3.51. The zero-order chi connectivity index (χ0) is 16.8. The van der Waals surface area contributed by atoms with Gasteiger partial charge in [0.25, 0.3) is 5.89 Å². The molecular weight excluding hydrogens is 309 g/mol. The third kappa shape index (κ3) is 3.97. The van der Waals surface area contributed by atoms with Gasteiger partial charge in [-0.15, -0.1) is 0 Å². The van der Waals surface area contributed by atoms with E-state index >= 15 is 0 Å². The number of benzene rings is 2. The Bertz CT molecular complexity index is 790. The Labute approximate surface area is 139 Å². The molecule has 0 aliphatic rings. The number of hydrogen-bond acceptors (Lipinski definition) is 5. The molecule has 0 aliphatic heterocycles. The number of nitrogens with zero attached hydrogens (tertiary/aromatic N) is 2. The van der Waals surface area contributed by atoms with E-state index in [0.717, 1.165) is 18.4 Å². The van der Waals surface area contributed by atoms with Gasteiger partial charge in [-0.2, -0.15) is 4.98 Å². The molecule has 0 bridgehead atoms. The van der Waals surface area contributed by atoms with Gasteiger partial charge in [-0.1, -0.05) is 29.4 Å². The average Bonchev–Trinajstić information content (AvgIpc) is 3.09. The van der Waals surface area contributed by atoms with E-state index < -0.39 is 0 Å². The lowest BCUT2D eigenvalue weighted by Crippen LogP contribution is -2.01. The van der Waals surface area contributed by atoms with Crippen LogP contribution in [0.25, 0.3) is 11.4 Å². The van der Waals surface area contributed by atoms with Gasteiger partial charge in [-0.3, -0.25) is 0 Å². The van der Waals surface area contributed by atoms with Crippen LogP contribution in [0.5, 0.6) is 5.75 Å². The first-order valence-electron chi connectivity index (χ1n) is 7.75. The average molecular weight is 327 g/mol. The predicted octanol–water partition coefficient (Wildman–Crippen LogP) is 3.35. The van der Waals surface area contributed by atoms with Crippen LogP contribution < -0.4 is 10.5 Å². The van der Waals surface area contributed by atoms with E-state index in [4.69, 9.17) is 15.0 Å². The van der Waals surface area contributed by atoms with Crippen molar-refractivity contribution in [2.75, 3.05) is 6.54 Å². The van der Waals surface area contributed by atoms with Crippen LogP contribution in [0, 0.1) is 5.82 Å². The standard InChI is InChI=1S/C18H18FN3O2/c19-16-9-8-13(5-4-10-20)11-15(16)18-21-17(24-22-18)12-23-14-6-2-1-3-7-14/h1-3,6-9,11H,4-5,10,12,20H2. The normalized spacial score (nSPS) is 10.8. The summed E-state index contributed by atoms with van der Waals surface area (Å²) in [5.41, 5.74) is 6.82. The molecule has 5 nitrogen and oxygen atoms in total. The zero-order valence-corrected chi connectivity index (χ0v) is 13.1. The lowest BCUT2D eigenvalue weighted by molar-refractivity contribution is 0.243. The third-order valence-electron chi connectivity index (χ3n) is 3.51. The van der Waals surface area contributed by atoms with Crippen molar-refractivity contribution in [3.05, 3.63) is 65.8 Å². The number of para-hydroxylation sites is 1. The van der Waals surface area contributed by atoms with E-state index in [1.807, 2.05) is 30.3 Å². The molecule has 124 valence electrons. The van der Waals surface area contributed by atoms with Gasteiger partial charge in [-0.05, 0) is 49.2 Å². The van der Waals surface area contributed by atoms with Gasteiger partial charge >= 0.3 is 0 Å². The smallest absolute Gasteiger partial charge is 0.264 e. The van der Waals surface area contributed by atoms with Crippen LogP contribution in [-0.2, 0) is 13.0 Å². The molecule has 0 unspecified atom stereocenters. The molecule has 2 aromatic carbocycles. The first-order valence-corrected chi connectivity index (χ1v) is 7.75. The quantitative estimate of drug-likeness (QED) is 0.720. The monoisotopic (exact) mass is 327 g/mol. The summed E-state index contributed by atoms with van der Waals surface area (Å²) in [6.07, 6.45) is 1.62. The number of rotatable bonds is 7. The van der Waals surface area contributed by atoms with Crippen LogP contribution in [0.2, 0.25) is 0 Å². The van der Waals surface area contributed by atoms with E-state index in [2.05, 4.69) is 10.1 Å². The minimum absolute atomic E-state index is 0.130. The highest BCUT2D eigenvalue weighted by Gasteiger charge is 2.14. The molecule has 0 fully saturated rings. The number of hydrogen-bond donors (Lipinski definition) is 1. The topological polar surface area (TPSA) is 74.2 Å². The summed E-state index contributed by atoms with van der Waals surface area (Å²) in [7, 11) is 0. The van der Waals surface area contributed by atoms with Gasteiger partial charge in [0.15, 0.2) is 6.61 Å². The minimum Gasteiger partial charge on any atom is -0.484 e. The van der Waals surface area contributed by atoms with Gasteiger partial charge in [0.1, 0.15) is 11.6 Å². The fourth-order valence-corrected chi connectivity index (χ4v) is 2.29. The second kappa shape index (κ2) is 7.70. The Morgan fingerprint density at radius 3 is 2.75 bits per heavy atom. The molecule has 3 rings (SSSR count). The molecule has 24 heavy (non-hydrogen) atoms. The highest BCUT2D eigenvalue weighted by molar-refractivity contribution is 5.56. The molecule has 0 spiro atoms. The Balaban J connectivity index is 1.72. The molecule has 3 aromatic rings. The van der Waals surface area contributed by atoms with Crippen molar-refractivity contribution in [2.45, 2.75) is 19.4 Å². The number of ether oxygens (including phenoxy) is 1. The predicted molar refractivity (Wildman–Crippen MR) is 87.8 cm³/mol. The highest BCUT2D eigenvalue weighted by Crippen LogP contribution is 2.22. The van der Waals surface area contributed by atoms with Gasteiger partial charge in [0.05, 0.1) is 5.56 Å². The summed E-state index contributed by atoms with van der Waals surface area (Å²) >= 11 is 0. The Kier molecular flexibility index (Phi) is 5.18. The van der Waals surface area contributed by atoms with E-state index in [-0.39, 0.29) is 18.2 Å². The van der Waals surface area contributed by atoms with Gasteiger partial charge in [-0.25, -0.2) is 4.39 Å². The highest BCUT2D eigenvalue weighted by atomic mass is 19.1. The summed E-state index contributed by atoms with van der Waals surface area (Å²) in [6, 6.07) is 14.2. The first kappa shape index (κ1) is 16.1. The molecule has 6 heteroatoms. The van der Waals surface area contributed by atoms with E-state index in [1.54, 1.807) is 12.1 Å². The second-order valence-electron chi connectivity index (χ2n) is 5.32. The van der Waals surface area contributed by atoms with Crippen LogP contribution in [-0.4, -0.2) is 16.7 Å². The molecule has 0 saturated heterocycles. The Morgan fingerprint density at radius 2 is 1.96 bits per heavy atom. The van der Waals surface area contributed by atoms with Gasteiger partial charge in [0.2, 0.25) is 5.82 Å². The van der Waals surface area contributed by atoms with Crippen molar-refractivity contribution in [3.8, 4) is 17.1 Å². The van der Waals surface area contributed by atoms with E-state index in [0.29, 0.717) is 23.7 Å². The molecule has 0 atom stereocenters. The molecule has 1 heterocycles. The number of halogens is 1. The van der Waals surface area contributed by atoms with Crippen LogP contribution in [0.1, 0.15) is 17.9 Å². The molecule has 1 aromatic heterocycles. The van der Waals surface area contributed by atoms with Crippen molar-refractivity contribution in [1.29, 1.82) is 0 Å². The fraction of sp³-hybridized carbons (Fsp3) is 0.222. The van der Waals surface area contributed by atoms with Crippen LogP contribution in [0.15, 0.2) is 53.1 Å². The Hall–Kier alpha value is -2.73. The van der Waals surface area contributed by atoms with Crippen molar-refractivity contribution >= 4 is 0 Å². The molecule has 2 N–H and O–H groups in total. The number of aromatic nitrogens is 2. The largest absolute Gasteiger partial charge is 0.484 e. The summed E-state index contributed by atoms with van der Waals surface area (Å²) in [5, 5.41) is 3.85. The second-order valence-corrected chi connectivity index (χ2v) is 5.32. The number of aryl methyl sites for hydroxylation is 1. The molecule has 0 aliphatic carbocycles. The maximum Gasteiger partial charge on any atom is 0.264 e. The fourth-order valence-electron chi connectivity index (χ4n) is 2.29. The van der Waals surface area contributed by atoms with Crippen molar-refractivity contribution in [1.82, 2.24) is 10.1 Å². The maximum atomic E-state index is 14.1. The summed E-state index contributed by atoms with van der Waals surface area (Å²) in [6.45, 7) is 0.724.